The lowest BCUT2D eigenvalue weighted by Gasteiger charge is -2.23. The number of nitrogen functional groups attached to an aromatic ring is 1. The smallest absolute Gasteiger partial charge is 0.123 e. The van der Waals surface area contributed by atoms with Crippen LogP contribution in [0.15, 0.2) is 30.6 Å². The molecule has 0 amide bonds. The number of nitrogens with zero attached hydrogens (tertiary/aromatic N) is 2. The molecule has 0 radical (unpaired) electrons. The molecule has 0 spiro atoms. The molecule has 2 aromatic rings. The van der Waals surface area contributed by atoms with Gasteiger partial charge in [-0.05, 0) is 23.6 Å². The van der Waals surface area contributed by atoms with Crippen LogP contribution in [0.25, 0.3) is 0 Å². The first-order chi connectivity index (χ1) is 9.90. The zero-order valence-electron chi connectivity index (χ0n) is 13.1. The molecule has 0 saturated carbocycles. The molecular weight excluding hydrogens is 266 g/mol. The van der Waals surface area contributed by atoms with Gasteiger partial charge in [-0.2, -0.15) is 5.10 Å². The minimum atomic E-state index is -0.0139. The highest BCUT2D eigenvalue weighted by Crippen LogP contribution is 2.34. The molecule has 0 unspecified atom stereocenters. The predicted octanol–water partition coefficient (Wildman–Crippen LogP) is 2.85. The number of hydrogen-bond donors (Lipinski definition) is 1. The molecule has 0 aliphatic heterocycles. The number of methoxy groups -OCH3 is 1. The molecule has 0 bridgehead atoms. The van der Waals surface area contributed by atoms with Gasteiger partial charge in [0.1, 0.15) is 18.1 Å². The molecule has 2 N–H and O–H groups in total. The molecule has 114 valence electrons. The summed E-state index contributed by atoms with van der Waals surface area (Å²) in [5.74, 6) is 1.72. The fourth-order valence-corrected chi connectivity index (χ4v) is 2.10. The highest BCUT2D eigenvalue weighted by atomic mass is 16.5. The van der Waals surface area contributed by atoms with Gasteiger partial charge < -0.3 is 15.2 Å². The summed E-state index contributed by atoms with van der Waals surface area (Å²) in [5, 5.41) is 4.14. The summed E-state index contributed by atoms with van der Waals surface area (Å²) in [6.07, 6.45) is 3.43. The molecule has 0 aliphatic rings. The van der Waals surface area contributed by atoms with Gasteiger partial charge in [-0.3, -0.25) is 4.68 Å². The Morgan fingerprint density at radius 2 is 2.05 bits per heavy atom. The molecule has 0 fully saturated rings. The topological polar surface area (TPSA) is 62.3 Å². The van der Waals surface area contributed by atoms with Crippen LogP contribution in [0.5, 0.6) is 11.5 Å². The lowest BCUT2D eigenvalue weighted by molar-refractivity contribution is 0.283. The summed E-state index contributed by atoms with van der Waals surface area (Å²) in [4.78, 5) is 0. The minimum Gasteiger partial charge on any atom is -0.497 e. The second-order valence-electron chi connectivity index (χ2n) is 6.00. The molecule has 0 aliphatic carbocycles. The van der Waals surface area contributed by atoms with E-state index in [-0.39, 0.29) is 5.41 Å². The van der Waals surface area contributed by atoms with Gasteiger partial charge in [0.2, 0.25) is 0 Å². The standard InChI is InChI=1S/C16H23N3O2/c1-16(2,3)14-9-13(20-4)5-6-15(14)21-8-7-19-11-12(17)10-18-19/h5-6,9-11H,7-8,17H2,1-4H3. The van der Waals surface area contributed by atoms with Gasteiger partial charge in [-0.1, -0.05) is 20.8 Å². The quantitative estimate of drug-likeness (QED) is 0.919. The number of anilines is 1. The molecule has 1 heterocycles. The van der Waals surface area contributed by atoms with Crippen LogP contribution in [0.4, 0.5) is 5.69 Å². The van der Waals surface area contributed by atoms with E-state index in [0.29, 0.717) is 18.8 Å². The summed E-state index contributed by atoms with van der Waals surface area (Å²) in [5.41, 5.74) is 7.41. The largest absolute Gasteiger partial charge is 0.497 e. The Labute approximate surface area is 125 Å². The van der Waals surface area contributed by atoms with Gasteiger partial charge in [0, 0.05) is 11.8 Å². The van der Waals surface area contributed by atoms with Crippen molar-refractivity contribution in [3.8, 4) is 11.5 Å². The molecule has 1 aromatic heterocycles. The molecule has 21 heavy (non-hydrogen) atoms. The average Bonchev–Trinajstić information content (AvgIpc) is 2.83. The van der Waals surface area contributed by atoms with Gasteiger partial charge in [0.25, 0.3) is 0 Å². The Bertz CT molecular complexity index is 600. The molecule has 5 heteroatoms. The Kier molecular flexibility index (Phi) is 4.40. The lowest BCUT2D eigenvalue weighted by Crippen LogP contribution is -2.15. The second-order valence-corrected chi connectivity index (χ2v) is 6.00. The lowest BCUT2D eigenvalue weighted by atomic mass is 9.86. The third kappa shape index (κ3) is 3.90. The Hall–Kier alpha value is -2.17. The Balaban J connectivity index is 2.08. The summed E-state index contributed by atoms with van der Waals surface area (Å²) in [6, 6.07) is 5.90. The number of ether oxygens (including phenoxy) is 2. The highest BCUT2D eigenvalue weighted by molar-refractivity contribution is 5.44. The summed E-state index contributed by atoms with van der Waals surface area (Å²) < 4.78 is 13.0. The zero-order valence-corrected chi connectivity index (χ0v) is 13.1. The third-order valence-corrected chi connectivity index (χ3v) is 3.23. The summed E-state index contributed by atoms with van der Waals surface area (Å²) in [7, 11) is 1.67. The SMILES string of the molecule is COc1ccc(OCCn2cc(N)cn2)c(C(C)(C)C)c1. The van der Waals surface area contributed by atoms with Crippen LogP contribution in [0.2, 0.25) is 0 Å². The van der Waals surface area contributed by atoms with Crippen LogP contribution in [0.3, 0.4) is 0 Å². The van der Waals surface area contributed by atoms with Gasteiger partial charge in [0.05, 0.1) is 25.5 Å². The van der Waals surface area contributed by atoms with Crippen molar-refractivity contribution in [3.05, 3.63) is 36.2 Å². The van der Waals surface area contributed by atoms with Crippen LogP contribution in [0, 0.1) is 0 Å². The highest BCUT2D eigenvalue weighted by Gasteiger charge is 2.20. The van der Waals surface area contributed by atoms with E-state index in [1.54, 1.807) is 24.2 Å². The van der Waals surface area contributed by atoms with E-state index in [1.165, 1.54) is 0 Å². The summed E-state index contributed by atoms with van der Waals surface area (Å²) in [6.45, 7) is 7.66. The first-order valence-electron chi connectivity index (χ1n) is 6.99. The van der Waals surface area contributed by atoms with E-state index in [2.05, 4.69) is 25.9 Å². The van der Waals surface area contributed by atoms with Crippen LogP contribution in [-0.2, 0) is 12.0 Å². The molecule has 1 aromatic carbocycles. The van der Waals surface area contributed by atoms with Gasteiger partial charge in [-0.15, -0.1) is 0 Å². The zero-order chi connectivity index (χ0) is 15.5. The third-order valence-electron chi connectivity index (χ3n) is 3.23. The number of rotatable bonds is 5. The number of aromatic nitrogens is 2. The van der Waals surface area contributed by atoms with Crippen molar-refractivity contribution < 1.29 is 9.47 Å². The van der Waals surface area contributed by atoms with E-state index in [0.717, 1.165) is 17.1 Å². The van der Waals surface area contributed by atoms with Crippen LogP contribution < -0.4 is 15.2 Å². The Morgan fingerprint density at radius 1 is 1.29 bits per heavy atom. The van der Waals surface area contributed by atoms with E-state index in [1.807, 2.05) is 18.2 Å². The van der Waals surface area contributed by atoms with Gasteiger partial charge in [-0.25, -0.2) is 0 Å². The van der Waals surface area contributed by atoms with E-state index in [9.17, 15) is 0 Å². The fraction of sp³-hybridized carbons (Fsp3) is 0.438. The fourth-order valence-electron chi connectivity index (χ4n) is 2.10. The first-order valence-corrected chi connectivity index (χ1v) is 6.99. The Morgan fingerprint density at radius 3 is 2.62 bits per heavy atom. The van der Waals surface area contributed by atoms with Crippen LogP contribution in [0.1, 0.15) is 26.3 Å². The monoisotopic (exact) mass is 289 g/mol. The maximum absolute atomic E-state index is 5.92. The van der Waals surface area contributed by atoms with Gasteiger partial charge in [0.15, 0.2) is 0 Å². The van der Waals surface area contributed by atoms with Crippen molar-refractivity contribution in [1.82, 2.24) is 9.78 Å². The normalized spacial score (nSPS) is 11.4. The first kappa shape index (κ1) is 15.2. The number of hydrogen-bond acceptors (Lipinski definition) is 4. The van der Waals surface area contributed by atoms with Crippen molar-refractivity contribution in [1.29, 1.82) is 0 Å². The molecule has 0 saturated heterocycles. The molecular formula is C16H23N3O2. The second kappa shape index (κ2) is 6.08. The van der Waals surface area contributed by atoms with Crippen molar-refractivity contribution >= 4 is 5.69 Å². The maximum atomic E-state index is 5.92. The molecule has 0 atom stereocenters. The van der Waals surface area contributed by atoms with Crippen molar-refractivity contribution in [2.75, 3.05) is 19.5 Å². The van der Waals surface area contributed by atoms with E-state index < -0.39 is 0 Å². The van der Waals surface area contributed by atoms with Crippen molar-refractivity contribution in [2.45, 2.75) is 32.7 Å². The molecule has 5 nitrogen and oxygen atoms in total. The minimum absolute atomic E-state index is 0.0139. The average molecular weight is 289 g/mol. The predicted molar refractivity (Wildman–Crippen MR) is 83.8 cm³/mol. The number of nitrogens with two attached hydrogens (primary N) is 1. The van der Waals surface area contributed by atoms with Gasteiger partial charge >= 0.3 is 0 Å². The number of benzene rings is 1. The van der Waals surface area contributed by atoms with Crippen LogP contribution in [-0.4, -0.2) is 23.5 Å². The molecule has 2 rings (SSSR count). The van der Waals surface area contributed by atoms with E-state index in [4.69, 9.17) is 15.2 Å². The van der Waals surface area contributed by atoms with Crippen molar-refractivity contribution in [2.24, 2.45) is 0 Å². The van der Waals surface area contributed by atoms with Crippen LogP contribution >= 0.6 is 0 Å². The van der Waals surface area contributed by atoms with E-state index >= 15 is 0 Å². The summed E-state index contributed by atoms with van der Waals surface area (Å²) >= 11 is 0. The maximum Gasteiger partial charge on any atom is 0.123 e. The van der Waals surface area contributed by atoms with Crippen molar-refractivity contribution in [3.63, 3.8) is 0 Å².